The number of hydrogen-bond acceptors (Lipinski definition) is 6. The summed E-state index contributed by atoms with van der Waals surface area (Å²) in [5, 5.41) is 13.7. The molecule has 3 atom stereocenters. The minimum absolute atomic E-state index is 0.334. The standard InChI is InChI=1S/C17H26N2O6/c1-4-23-17(24-5-2)15(11-19(21)22)25-16(13(3)18-12-20)14-9-7-6-8-10-14/h6-10,12-13,15-17H,4-5,11H2,1-3H3,(H,18,20)/t13-,15-,16+/m0/s1. The van der Waals surface area contributed by atoms with Crippen LogP contribution in [0.15, 0.2) is 30.3 Å². The topological polar surface area (TPSA) is 99.9 Å². The summed E-state index contributed by atoms with van der Waals surface area (Å²) >= 11 is 0. The van der Waals surface area contributed by atoms with Gasteiger partial charge in [-0.15, -0.1) is 0 Å². The Balaban J connectivity index is 3.07. The molecule has 8 nitrogen and oxygen atoms in total. The molecule has 1 amide bonds. The smallest absolute Gasteiger partial charge is 0.234 e. The van der Waals surface area contributed by atoms with Crippen molar-refractivity contribution in [3.05, 3.63) is 46.0 Å². The quantitative estimate of drug-likeness (QED) is 0.251. The number of rotatable bonds is 13. The molecule has 0 bridgehead atoms. The molecule has 25 heavy (non-hydrogen) atoms. The van der Waals surface area contributed by atoms with Gasteiger partial charge in [-0.3, -0.25) is 14.9 Å². The molecule has 0 aliphatic heterocycles. The maximum absolute atomic E-state index is 11.1. The second-order valence-corrected chi connectivity index (χ2v) is 5.37. The van der Waals surface area contributed by atoms with Gasteiger partial charge in [0.15, 0.2) is 12.4 Å². The number of nitrogens with zero attached hydrogens (tertiary/aromatic N) is 1. The number of amides is 1. The second kappa shape index (κ2) is 11.5. The summed E-state index contributed by atoms with van der Waals surface area (Å²) in [4.78, 5) is 21.4. The van der Waals surface area contributed by atoms with Crippen molar-refractivity contribution in [1.29, 1.82) is 0 Å². The van der Waals surface area contributed by atoms with Gasteiger partial charge in [-0.05, 0) is 26.3 Å². The predicted molar refractivity (Wildman–Crippen MR) is 91.6 cm³/mol. The van der Waals surface area contributed by atoms with E-state index in [1.807, 2.05) is 30.3 Å². The first-order valence-electron chi connectivity index (χ1n) is 8.28. The van der Waals surface area contributed by atoms with E-state index in [4.69, 9.17) is 14.2 Å². The van der Waals surface area contributed by atoms with Crippen molar-refractivity contribution < 1.29 is 23.9 Å². The highest BCUT2D eigenvalue weighted by atomic mass is 16.7. The molecule has 1 N–H and O–H groups in total. The number of hydrogen-bond donors (Lipinski definition) is 1. The second-order valence-electron chi connectivity index (χ2n) is 5.37. The lowest BCUT2D eigenvalue weighted by atomic mass is 10.0. The molecule has 0 saturated carbocycles. The van der Waals surface area contributed by atoms with Crippen LogP contribution in [0.2, 0.25) is 0 Å². The van der Waals surface area contributed by atoms with Gasteiger partial charge in [0.05, 0.1) is 6.04 Å². The highest BCUT2D eigenvalue weighted by Crippen LogP contribution is 2.25. The van der Waals surface area contributed by atoms with Crippen molar-refractivity contribution in [1.82, 2.24) is 5.32 Å². The molecule has 0 fully saturated rings. The predicted octanol–water partition coefficient (Wildman–Crippen LogP) is 1.92. The molecule has 0 aliphatic carbocycles. The van der Waals surface area contributed by atoms with E-state index in [0.717, 1.165) is 5.56 Å². The Morgan fingerprint density at radius 2 is 1.80 bits per heavy atom. The maximum atomic E-state index is 11.1. The molecular weight excluding hydrogens is 328 g/mol. The van der Waals surface area contributed by atoms with Crippen LogP contribution in [-0.4, -0.2) is 49.5 Å². The first-order chi connectivity index (χ1) is 12.0. The molecule has 1 aromatic rings. The third-order valence-electron chi connectivity index (χ3n) is 3.53. The normalized spacial score (nSPS) is 14.7. The van der Waals surface area contributed by atoms with Crippen LogP contribution in [0.25, 0.3) is 0 Å². The Bertz CT molecular complexity index is 507. The third-order valence-corrected chi connectivity index (χ3v) is 3.53. The number of nitro groups is 1. The Labute approximate surface area is 147 Å². The first-order valence-corrected chi connectivity index (χ1v) is 8.28. The summed E-state index contributed by atoms with van der Waals surface area (Å²) in [6, 6.07) is 8.82. The van der Waals surface area contributed by atoms with Crippen molar-refractivity contribution in [2.45, 2.75) is 45.3 Å². The lowest BCUT2D eigenvalue weighted by Gasteiger charge is -2.31. The molecule has 0 spiro atoms. The van der Waals surface area contributed by atoms with Crippen molar-refractivity contribution in [3.8, 4) is 0 Å². The lowest BCUT2D eigenvalue weighted by molar-refractivity contribution is -0.499. The van der Waals surface area contributed by atoms with Gasteiger partial charge >= 0.3 is 0 Å². The molecule has 0 radical (unpaired) electrons. The van der Waals surface area contributed by atoms with E-state index in [2.05, 4.69) is 5.32 Å². The fraction of sp³-hybridized carbons (Fsp3) is 0.588. The summed E-state index contributed by atoms with van der Waals surface area (Å²) in [5.41, 5.74) is 0.796. The monoisotopic (exact) mass is 354 g/mol. The lowest BCUT2D eigenvalue weighted by Crippen LogP contribution is -2.43. The Morgan fingerprint density at radius 3 is 2.28 bits per heavy atom. The molecule has 0 aliphatic rings. The zero-order chi connectivity index (χ0) is 18.7. The van der Waals surface area contributed by atoms with E-state index in [0.29, 0.717) is 19.6 Å². The summed E-state index contributed by atoms with van der Waals surface area (Å²) in [7, 11) is 0. The molecular formula is C17H26N2O6. The molecule has 0 unspecified atom stereocenters. The zero-order valence-electron chi connectivity index (χ0n) is 14.8. The van der Waals surface area contributed by atoms with Gasteiger partial charge in [0.2, 0.25) is 13.0 Å². The van der Waals surface area contributed by atoms with E-state index in [1.165, 1.54) is 0 Å². The number of carbonyl (C=O) groups excluding carboxylic acids is 1. The fourth-order valence-corrected chi connectivity index (χ4v) is 2.44. The Kier molecular flexibility index (Phi) is 9.68. The van der Waals surface area contributed by atoms with Gasteiger partial charge in [-0.1, -0.05) is 30.3 Å². The molecule has 1 rings (SSSR count). The SMILES string of the molecule is CCOC(OCC)[C@H](C[N+](=O)[O-])O[C@@H](c1ccccc1)[C@H](C)NC=O. The fourth-order valence-electron chi connectivity index (χ4n) is 2.44. The van der Waals surface area contributed by atoms with E-state index in [-0.39, 0.29) is 0 Å². The molecule has 0 heterocycles. The van der Waals surface area contributed by atoms with Gasteiger partial charge in [0.1, 0.15) is 6.10 Å². The third kappa shape index (κ3) is 7.16. The number of carbonyl (C=O) groups is 1. The van der Waals surface area contributed by atoms with Crippen molar-refractivity contribution in [2.75, 3.05) is 19.8 Å². The van der Waals surface area contributed by atoms with Gasteiger partial charge in [-0.2, -0.15) is 0 Å². The summed E-state index contributed by atoms with van der Waals surface area (Å²) in [5.74, 6) is 0. The molecule has 140 valence electrons. The van der Waals surface area contributed by atoms with Gasteiger partial charge in [0.25, 0.3) is 0 Å². The molecule has 1 aromatic carbocycles. The van der Waals surface area contributed by atoms with Gasteiger partial charge in [-0.25, -0.2) is 0 Å². The minimum Gasteiger partial charge on any atom is -0.356 e. The zero-order valence-corrected chi connectivity index (χ0v) is 14.8. The molecule has 0 aromatic heterocycles. The Hall–Kier alpha value is -2.03. The van der Waals surface area contributed by atoms with E-state index in [1.54, 1.807) is 20.8 Å². The van der Waals surface area contributed by atoms with E-state index >= 15 is 0 Å². The van der Waals surface area contributed by atoms with Crippen LogP contribution < -0.4 is 5.32 Å². The van der Waals surface area contributed by atoms with Crippen LogP contribution in [0, 0.1) is 10.1 Å². The maximum Gasteiger partial charge on any atom is 0.234 e. The van der Waals surface area contributed by atoms with Crippen LogP contribution >= 0.6 is 0 Å². The van der Waals surface area contributed by atoms with Crippen LogP contribution in [0.1, 0.15) is 32.4 Å². The number of nitrogens with one attached hydrogen (secondary N) is 1. The first kappa shape index (κ1) is 21.0. The summed E-state index contributed by atoms with van der Waals surface area (Å²) in [6.45, 7) is 5.52. The van der Waals surface area contributed by atoms with E-state index in [9.17, 15) is 14.9 Å². The highest BCUT2D eigenvalue weighted by molar-refractivity contribution is 5.47. The average molecular weight is 354 g/mol. The summed E-state index contributed by atoms with van der Waals surface area (Å²) < 4.78 is 17.0. The van der Waals surface area contributed by atoms with Crippen LogP contribution in [0.5, 0.6) is 0 Å². The van der Waals surface area contributed by atoms with Crippen molar-refractivity contribution in [2.24, 2.45) is 0 Å². The van der Waals surface area contributed by atoms with Gasteiger partial charge < -0.3 is 19.5 Å². The molecule has 0 saturated heterocycles. The highest BCUT2D eigenvalue weighted by Gasteiger charge is 2.33. The van der Waals surface area contributed by atoms with Crippen LogP contribution in [0.4, 0.5) is 0 Å². The van der Waals surface area contributed by atoms with E-state index < -0.39 is 36.0 Å². The largest absolute Gasteiger partial charge is 0.356 e. The summed E-state index contributed by atoms with van der Waals surface area (Å²) in [6.07, 6.45) is -1.79. The van der Waals surface area contributed by atoms with Crippen molar-refractivity contribution in [3.63, 3.8) is 0 Å². The van der Waals surface area contributed by atoms with Crippen molar-refractivity contribution >= 4 is 6.41 Å². The average Bonchev–Trinajstić information content (AvgIpc) is 2.59. The van der Waals surface area contributed by atoms with Crippen LogP contribution in [-0.2, 0) is 19.0 Å². The minimum atomic E-state index is -0.920. The number of ether oxygens (including phenoxy) is 3. The van der Waals surface area contributed by atoms with Gasteiger partial charge in [0, 0.05) is 18.1 Å². The molecule has 8 heteroatoms. The Morgan fingerprint density at radius 1 is 1.20 bits per heavy atom. The number of benzene rings is 1. The van der Waals surface area contributed by atoms with Crippen LogP contribution in [0.3, 0.4) is 0 Å².